The molecule has 1 saturated heterocycles. The Morgan fingerprint density at radius 2 is 1.83 bits per heavy atom. The largest absolute Gasteiger partial charge is 0.497 e. The number of carbonyl (C=O) groups excluding carboxylic acids is 1. The van der Waals surface area contributed by atoms with Crippen molar-refractivity contribution in [1.29, 1.82) is 0 Å². The van der Waals surface area contributed by atoms with E-state index in [1.165, 1.54) is 5.69 Å². The zero-order chi connectivity index (χ0) is 20.9. The van der Waals surface area contributed by atoms with Gasteiger partial charge in [-0.15, -0.1) is 0 Å². The number of benzene rings is 2. The Labute approximate surface area is 177 Å². The number of likely N-dealkylation sites (N-methyl/N-ethyl adjacent to an activating group) is 1. The molecule has 4 rings (SSSR count). The highest BCUT2D eigenvalue weighted by Crippen LogP contribution is 2.31. The van der Waals surface area contributed by atoms with E-state index in [0.717, 1.165) is 43.2 Å². The van der Waals surface area contributed by atoms with Gasteiger partial charge in [0.15, 0.2) is 17.6 Å². The minimum atomic E-state index is -0.174. The van der Waals surface area contributed by atoms with E-state index in [4.69, 9.17) is 14.2 Å². The topological polar surface area (TPSA) is 63.3 Å². The van der Waals surface area contributed by atoms with Gasteiger partial charge < -0.3 is 29.3 Å². The number of rotatable bonds is 5. The van der Waals surface area contributed by atoms with Crippen molar-refractivity contribution in [2.24, 2.45) is 0 Å². The number of nitrogens with one attached hydrogen (secondary N) is 1. The SMILES string of the molecule is COc1ccc(N2CCC(NC(=O)N(C)CC3COc4ccccc4O3)CC2)cc1. The minimum absolute atomic E-state index is 0.0691. The molecule has 7 nitrogen and oxygen atoms in total. The molecule has 2 amide bonds. The lowest BCUT2D eigenvalue weighted by Crippen LogP contribution is -2.50. The van der Waals surface area contributed by atoms with E-state index in [1.54, 1.807) is 19.1 Å². The van der Waals surface area contributed by atoms with E-state index in [0.29, 0.717) is 13.2 Å². The Bertz CT molecular complexity index is 850. The van der Waals surface area contributed by atoms with Crippen LogP contribution in [0.3, 0.4) is 0 Å². The number of fused-ring (bicyclic) bond motifs is 1. The van der Waals surface area contributed by atoms with E-state index in [-0.39, 0.29) is 18.2 Å². The van der Waals surface area contributed by atoms with Crippen molar-refractivity contribution in [3.8, 4) is 17.2 Å². The molecule has 30 heavy (non-hydrogen) atoms. The van der Waals surface area contributed by atoms with Gasteiger partial charge in [0.1, 0.15) is 12.4 Å². The zero-order valence-electron chi connectivity index (χ0n) is 17.5. The van der Waals surface area contributed by atoms with Crippen LogP contribution < -0.4 is 24.4 Å². The van der Waals surface area contributed by atoms with Gasteiger partial charge in [-0.25, -0.2) is 4.79 Å². The molecule has 1 unspecified atom stereocenters. The van der Waals surface area contributed by atoms with Crippen LogP contribution in [0.15, 0.2) is 48.5 Å². The molecule has 0 bridgehead atoms. The number of nitrogens with zero attached hydrogens (tertiary/aromatic N) is 2. The summed E-state index contributed by atoms with van der Waals surface area (Å²) in [5.74, 6) is 2.35. The van der Waals surface area contributed by atoms with Gasteiger partial charge in [0, 0.05) is 31.9 Å². The van der Waals surface area contributed by atoms with Crippen LogP contribution >= 0.6 is 0 Å². The van der Waals surface area contributed by atoms with Gasteiger partial charge in [-0.1, -0.05) is 12.1 Å². The summed E-state index contributed by atoms with van der Waals surface area (Å²) in [5, 5.41) is 3.16. The van der Waals surface area contributed by atoms with Crippen molar-refractivity contribution in [2.45, 2.75) is 25.0 Å². The average molecular weight is 412 g/mol. The molecule has 2 aromatic rings. The maximum absolute atomic E-state index is 12.6. The molecule has 160 valence electrons. The summed E-state index contributed by atoms with van der Waals surface area (Å²) in [4.78, 5) is 16.7. The maximum atomic E-state index is 12.6. The molecule has 1 fully saturated rings. The summed E-state index contributed by atoms with van der Waals surface area (Å²) < 4.78 is 16.9. The molecule has 2 aliphatic heterocycles. The smallest absolute Gasteiger partial charge is 0.317 e. The fourth-order valence-corrected chi connectivity index (χ4v) is 3.90. The van der Waals surface area contributed by atoms with Crippen LogP contribution in [0.1, 0.15) is 12.8 Å². The van der Waals surface area contributed by atoms with Gasteiger partial charge in [-0.3, -0.25) is 0 Å². The number of methoxy groups -OCH3 is 1. The van der Waals surface area contributed by atoms with Crippen molar-refractivity contribution in [3.05, 3.63) is 48.5 Å². The molecular weight excluding hydrogens is 382 g/mol. The lowest BCUT2D eigenvalue weighted by atomic mass is 10.0. The Hall–Kier alpha value is -3.09. The Morgan fingerprint density at radius 3 is 2.53 bits per heavy atom. The molecule has 0 spiro atoms. The second-order valence-corrected chi connectivity index (χ2v) is 7.79. The fraction of sp³-hybridized carbons (Fsp3) is 0.435. The molecule has 2 aromatic carbocycles. The van der Waals surface area contributed by atoms with Gasteiger partial charge >= 0.3 is 6.03 Å². The number of para-hydroxylation sites is 2. The van der Waals surface area contributed by atoms with E-state index < -0.39 is 0 Å². The summed E-state index contributed by atoms with van der Waals surface area (Å²) >= 11 is 0. The first kappa shape index (κ1) is 20.2. The predicted octanol–water partition coefficient (Wildman–Crippen LogP) is 3.15. The number of urea groups is 1. The molecule has 1 atom stereocenters. The third-order valence-corrected chi connectivity index (χ3v) is 5.65. The highest BCUT2D eigenvalue weighted by atomic mass is 16.6. The van der Waals surface area contributed by atoms with Crippen molar-refractivity contribution in [3.63, 3.8) is 0 Å². The first-order valence-electron chi connectivity index (χ1n) is 10.4. The standard InChI is InChI=1S/C23H29N3O4/c1-25(15-20-16-29-21-5-3-4-6-22(21)30-20)23(27)24-17-11-13-26(14-12-17)18-7-9-19(28-2)10-8-18/h3-10,17,20H,11-16H2,1-2H3,(H,24,27). The van der Waals surface area contributed by atoms with Crippen molar-refractivity contribution >= 4 is 11.7 Å². The number of anilines is 1. The Balaban J connectivity index is 1.22. The van der Waals surface area contributed by atoms with Crippen molar-refractivity contribution in [2.75, 3.05) is 45.3 Å². The summed E-state index contributed by atoms with van der Waals surface area (Å²) in [6.07, 6.45) is 1.66. The first-order chi connectivity index (χ1) is 14.6. The fourth-order valence-electron chi connectivity index (χ4n) is 3.90. The van der Waals surface area contributed by atoms with Gasteiger partial charge in [-0.05, 0) is 49.2 Å². The molecule has 0 aromatic heterocycles. The van der Waals surface area contributed by atoms with Crippen LogP contribution in [0.2, 0.25) is 0 Å². The van der Waals surface area contributed by atoms with E-state index in [2.05, 4.69) is 22.3 Å². The number of hydrogen-bond donors (Lipinski definition) is 1. The third kappa shape index (κ3) is 4.72. The van der Waals surface area contributed by atoms with Crippen molar-refractivity contribution < 1.29 is 19.0 Å². The van der Waals surface area contributed by atoms with Crippen LogP contribution in [-0.2, 0) is 0 Å². The average Bonchev–Trinajstić information content (AvgIpc) is 2.79. The molecular formula is C23H29N3O4. The molecule has 2 aliphatic rings. The zero-order valence-corrected chi connectivity index (χ0v) is 17.5. The molecule has 2 heterocycles. The van der Waals surface area contributed by atoms with Crippen LogP contribution in [0, 0.1) is 0 Å². The second-order valence-electron chi connectivity index (χ2n) is 7.79. The molecule has 0 saturated carbocycles. The summed E-state index contributed by atoms with van der Waals surface area (Å²) in [5.41, 5.74) is 1.19. The van der Waals surface area contributed by atoms with E-state index >= 15 is 0 Å². The van der Waals surface area contributed by atoms with Gasteiger partial charge in [-0.2, -0.15) is 0 Å². The highest BCUT2D eigenvalue weighted by Gasteiger charge is 2.26. The molecule has 0 aliphatic carbocycles. The van der Waals surface area contributed by atoms with Gasteiger partial charge in [0.25, 0.3) is 0 Å². The van der Waals surface area contributed by atoms with Crippen LogP contribution in [0.4, 0.5) is 10.5 Å². The lowest BCUT2D eigenvalue weighted by Gasteiger charge is -2.35. The summed E-state index contributed by atoms with van der Waals surface area (Å²) in [7, 11) is 3.47. The first-order valence-corrected chi connectivity index (χ1v) is 10.4. The number of piperidine rings is 1. The minimum Gasteiger partial charge on any atom is -0.497 e. The monoisotopic (exact) mass is 411 g/mol. The van der Waals surface area contributed by atoms with Gasteiger partial charge in [0.2, 0.25) is 0 Å². The molecule has 7 heteroatoms. The van der Waals surface area contributed by atoms with Gasteiger partial charge in [0.05, 0.1) is 13.7 Å². The van der Waals surface area contributed by atoms with E-state index in [1.807, 2.05) is 36.4 Å². The third-order valence-electron chi connectivity index (χ3n) is 5.65. The Morgan fingerprint density at radius 1 is 1.13 bits per heavy atom. The van der Waals surface area contributed by atoms with Crippen LogP contribution in [0.5, 0.6) is 17.2 Å². The molecule has 0 radical (unpaired) electrons. The number of amides is 2. The highest BCUT2D eigenvalue weighted by molar-refractivity contribution is 5.74. The number of carbonyl (C=O) groups is 1. The normalized spacial score (nSPS) is 18.6. The Kier molecular flexibility index (Phi) is 6.16. The van der Waals surface area contributed by atoms with E-state index in [9.17, 15) is 4.79 Å². The quantitative estimate of drug-likeness (QED) is 0.819. The summed E-state index contributed by atoms with van der Waals surface area (Å²) in [6.45, 7) is 2.74. The van der Waals surface area contributed by atoms with Crippen molar-refractivity contribution in [1.82, 2.24) is 10.2 Å². The second kappa shape index (κ2) is 9.15. The molecule has 1 N–H and O–H groups in total. The van der Waals surface area contributed by atoms with Crippen LogP contribution in [-0.4, -0.2) is 63.5 Å². The predicted molar refractivity (Wildman–Crippen MR) is 116 cm³/mol. The number of ether oxygens (including phenoxy) is 3. The van der Waals surface area contributed by atoms with Crippen LogP contribution in [0.25, 0.3) is 0 Å². The lowest BCUT2D eigenvalue weighted by molar-refractivity contribution is 0.0711. The summed E-state index contributed by atoms with van der Waals surface area (Å²) in [6, 6.07) is 15.8. The maximum Gasteiger partial charge on any atom is 0.317 e. The number of hydrogen-bond acceptors (Lipinski definition) is 5.